The monoisotopic (exact) mass is 480 g/mol. The SMILES string of the molecule is COC(=O)c1cccc(N2CC(CCNC(C)c3cccc4ccccc34)Oc3ccccc32)c1C. The Hall–Kier alpha value is -3.83. The first kappa shape index (κ1) is 23.9. The number of fused-ring (bicyclic) bond motifs is 2. The molecule has 1 N–H and O–H groups in total. The fourth-order valence-corrected chi connectivity index (χ4v) is 5.12. The van der Waals surface area contributed by atoms with Crippen molar-refractivity contribution in [3.8, 4) is 5.75 Å². The van der Waals surface area contributed by atoms with Gasteiger partial charge in [0.15, 0.2) is 0 Å². The van der Waals surface area contributed by atoms with Crippen molar-refractivity contribution in [1.29, 1.82) is 0 Å². The number of benzene rings is 4. The van der Waals surface area contributed by atoms with Crippen LogP contribution in [0.1, 0.15) is 40.9 Å². The minimum absolute atomic E-state index is 0.00769. The van der Waals surface area contributed by atoms with E-state index in [0.29, 0.717) is 12.1 Å². The molecule has 0 aromatic heterocycles. The van der Waals surface area contributed by atoms with Crippen LogP contribution in [0, 0.1) is 6.92 Å². The van der Waals surface area contributed by atoms with Gasteiger partial charge in [-0.25, -0.2) is 4.79 Å². The number of methoxy groups -OCH3 is 1. The van der Waals surface area contributed by atoms with Gasteiger partial charge >= 0.3 is 5.97 Å². The van der Waals surface area contributed by atoms with Crippen LogP contribution in [0.3, 0.4) is 0 Å². The van der Waals surface area contributed by atoms with E-state index in [2.05, 4.69) is 71.7 Å². The molecule has 0 radical (unpaired) electrons. The zero-order valence-corrected chi connectivity index (χ0v) is 21.0. The largest absolute Gasteiger partial charge is 0.486 e. The molecule has 2 atom stereocenters. The maximum Gasteiger partial charge on any atom is 0.338 e. The highest BCUT2D eigenvalue weighted by molar-refractivity contribution is 5.93. The minimum Gasteiger partial charge on any atom is -0.486 e. The van der Waals surface area contributed by atoms with Crippen LogP contribution in [-0.2, 0) is 4.74 Å². The highest BCUT2D eigenvalue weighted by Crippen LogP contribution is 2.40. The molecule has 4 aromatic carbocycles. The first-order chi connectivity index (χ1) is 17.6. The molecule has 1 aliphatic heterocycles. The van der Waals surface area contributed by atoms with Crippen LogP contribution in [-0.4, -0.2) is 32.3 Å². The van der Waals surface area contributed by atoms with Gasteiger partial charge in [-0.3, -0.25) is 0 Å². The lowest BCUT2D eigenvalue weighted by molar-refractivity contribution is 0.0600. The molecule has 0 saturated heterocycles. The molecule has 0 bridgehead atoms. The summed E-state index contributed by atoms with van der Waals surface area (Å²) in [4.78, 5) is 14.6. The quantitative estimate of drug-likeness (QED) is 0.303. The average Bonchev–Trinajstić information content (AvgIpc) is 2.92. The second kappa shape index (κ2) is 10.4. The lowest BCUT2D eigenvalue weighted by Gasteiger charge is -2.37. The van der Waals surface area contributed by atoms with Crippen LogP contribution in [0.25, 0.3) is 10.8 Å². The second-order valence-electron chi connectivity index (χ2n) is 9.29. The predicted octanol–water partition coefficient (Wildman–Crippen LogP) is 6.57. The third-order valence-electron chi connectivity index (χ3n) is 7.04. The summed E-state index contributed by atoms with van der Waals surface area (Å²) in [6.45, 7) is 5.72. The zero-order valence-electron chi connectivity index (χ0n) is 21.0. The van der Waals surface area contributed by atoms with Crippen LogP contribution in [0.4, 0.5) is 11.4 Å². The minimum atomic E-state index is -0.320. The summed E-state index contributed by atoms with van der Waals surface area (Å²) in [7, 11) is 1.42. The Morgan fingerprint density at radius 1 is 1.00 bits per heavy atom. The van der Waals surface area contributed by atoms with Crippen molar-refractivity contribution in [1.82, 2.24) is 5.32 Å². The number of hydrogen-bond donors (Lipinski definition) is 1. The Morgan fingerprint density at radius 2 is 1.72 bits per heavy atom. The fraction of sp³-hybridized carbons (Fsp3) is 0.258. The van der Waals surface area contributed by atoms with Gasteiger partial charge in [0.25, 0.3) is 0 Å². The molecule has 0 amide bonds. The topological polar surface area (TPSA) is 50.8 Å². The molecule has 36 heavy (non-hydrogen) atoms. The number of rotatable bonds is 7. The molecule has 0 saturated carbocycles. The summed E-state index contributed by atoms with van der Waals surface area (Å²) in [5.41, 5.74) is 4.80. The van der Waals surface area contributed by atoms with Crippen molar-refractivity contribution in [2.75, 3.05) is 25.1 Å². The van der Waals surface area contributed by atoms with Gasteiger partial charge in [-0.1, -0.05) is 60.7 Å². The molecule has 4 aromatic rings. The van der Waals surface area contributed by atoms with Crippen molar-refractivity contribution >= 4 is 28.1 Å². The molecule has 0 fully saturated rings. The Kier molecular flexibility index (Phi) is 6.92. The first-order valence-corrected chi connectivity index (χ1v) is 12.5. The molecule has 5 nitrogen and oxygen atoms in total. The molecule has 5 heteroatoms. The predicted molar refractivity (Wildman–Crippen MR) is 145 cm³/mol. The number of hydrogen-bond acceptors (Lipinski definition) is 5. The second-order valence-corrected chi connectivity index (χ2v) is 9.29. The van der Waals surface area contributed by atoms with Crippen LogP contribution in [0.2, 0.25) is 0 Å². The highest BCUT2D eigenvalue weighted by atomic mass is 16.5. The van der Waals surface area contributed by atoms with Crippen molar-refractivity contribution in [3.63, 3.8) is 0 Å². The van der Waals surface area contributed by atoms with E-state index in [1.165, 1.54) is 23.4 Å². The molecule has 5 rings (SSSR count). The molecule has 0 spiro atoms. The highest BCUT2D eigenvalue weighted by Gasteiger charge is 2.28. The number of ether oxygens (including phenoxy) is 2. The van der Waals surface area contributed by atoms with E-state index < -0.39 is 0 Å². The van der Waals surface area contributed by atoms with Gasteiger partial charge < -0.3 is 19.7 Å². The third kappa shape index (κ3) is 4.67. The summed E-state index contributed by atoms with van der Waals surface area (Å²) in [6, 6.07) is 29.1. The van der Waals surface area contributed by atoms with Gasteiger partial charge in [-0.2, -0.15) is 0 Å². The normalized spacial score (nSPS) is 15.8. The number of para-hydroxylation sites is 2. The number of carbonyl (C=O) groups excluding carboxylic acids is 1. The summed E-state index contributed by atoms with van der Waals surface area (Å²) >= 11 is 0. The van der Waals surface area contributed by atoms with E-state index >= 15 is 0 Å². The van der Waals surface area contributed by atoms with Gasteiger partial charge in [0, 0.05) is 11.7 Å². The average molecular weight is 481 g/mol. The van der Waals surface area contributed by atoms with Gasteiger partial charge in [0.1, 0.15) is 11.9 Å². The van der Waals surface area contributed by atoms with Crippen molar-refractivity contribution in [3.05, 3.63) is 102 Å². The number of nitrogens with one attached hydrogen (secondary N) is 1. The molecule has 184 valence electrons. The summed E-state index contributed by atoms with van der Waals surface area (Å²) < 4.78 is 11.4. The molecular weight excluding hydrogens is 448 g/mol. The smallest absolute Gasteiger partial charge is 0.338 e. The van der Waals surface area contributed by atoms with Crippen molar-refractivity contribution in [2.45, 2.75) is 32.4 Å². The van der Waals surface area contributed by atoms with E-state index in [1.807, 2.05) is 37.3 Å². The first-order valence-electron chi connectivity index (χ1n) is 12.5. The van der Waals surface area contributed by atoms with Crippen LogP contribution in [0.5, 0.6) is 5.75 Å². The Morgan fingerprint density at radius 3 is 2.58 bits per heavy atom. The summed E-state index contributed by atoms with van der Waals surface area (Å²) in [6.07, 6.45) is 0.865. The van der Waals surface area contributed by atoms with Crippen molar-refractivity contribution < 1.29 is 14.3 Å². The van der Waals surface area contributed by atoms with E-state index in [9.17, 15) is 4.79 Å². The summed E-state index contributed by atoms with van der Waals surface area (Å²) in [5, 5.41) is 6.25. The van der Waals surface area contributed by atoms with E-state index in [4.69, 9.17) is 9.47 Å². The van der Waals surface area contributed by atoms with E-state index in [0.717, 1.165) is 35.7 Å². The van der Waals surface area contributed by atoms with E-state index in [-0.39, 0.29) is 18.1 Å². The molecule has 0 aliphatic carbocycles. The maximum atomic E-state index is 12.3. The van der Waals surface area contributed by atoms with Gasteiger partial charge in [-0.15, -0.1) is 0 Å². The van der Waals surface area contributed by atoms with Crippen LogP contribution >= 0.6 is 0 Å². The lowest BCUT2D eigenvalue weighted by Crippen LogP contribution is -2.39. The fourth-order valence-electron chi connectivity index (χ4n) is 5.12. The van der Waals surface area contributed by atoms with E-state index in [1.54, 1.807) is 0 Å². The number of carbonyl (C=O) groups is 1. The summed E-state index contributed by atoms with van der Waals surface area (Å²) in [5.74, 6) is 0.540. The van der Waals surface area contributed by atoms with Gasteiger partial charge in [0.2, 0.25) is 0 Å². The van der Waals surface area contributed by atoms with Crippen molar-refractivity contribution in [2.24, 2.45) is 0 Å². The van der Waals surface area contributed by atoms with Crippen LogP contribution in [0.15, 0.2) is 84.9 Å². The van der Waals surface area contributed by atoms with Gasteiger partial charge in [0.05, 0.1) is 24.9 Å². The zero-order chi connectivity index (χ0) is 25.1. The third-order valence-corrected chi connectivity index (χ3v) is 7.04. The molecular formula is C31H32N2O3. The molecule has 2 unspecified atom stereocenters. The number of esters is 1. The molecule has 1 aliphatic rings. The van der Waals surface area contributed by atoms with Crippen LogP contribution < -0.4 is 15.0 Å². The van der Waals surface area contributed by atoms with Gasteiger partial charge in [-0.05, 0) is 73.0 Å². The number of anilines is 2. The Bertz CT molecular complexity index is 1380. The maximum absolute atomic E-state index is 12.3. The Balaban J connectivity index is 1.33. The Labute approximate surface area is 212 Å². The number of nitrogens with zero attached hydrogens (tertiary/aromatic N) is 1. The molecule has 1 heterocycles. The lowest BCUT2D eigenvalue weighted by atomic mass is 9.99. The standard InChI is InChI=1S/C31H32N2O3/c1-21-25(31(34)35-3)13-9-16-28(21)33-20-24(36-30-17-7-6-15-29(30)33)18-19-32-22(2)26-14-8-11-23-10-4-5-12-27(23)26/h4-17,22,24,32H,18-20H2,1-3H3.